The van der Waals surface area contributed by atoms with Gasteiger partial charge in [0.25, 0.3) is 0 Å². The summed E-state index contributed by atoms with van der Waals surface area (Å²) in [6, 6.07) is 7.97. The number of aliphatic hydroxyl groups excluding tert-OH is 1. The first kappa shape index (κ1) is 13.2. The minimum atomic E-state index is 0.155. The summed E-state index contributed by atoms with van der Waals surface area (Å²) in [5.41, 5.74) is 2.22. The van der Waals surface area contributed by atoms with E-state index in [-0.39, 0.29) is 6.61 Å². The molecule has 0 unspecified atom stereocenters. The predicted molar refractivity (Wildman–Crippen MR) is 74.6 cm³/mol. The monoisotopic (exact) mass is 246 g/mol. The van der Waals surface area contributed by atoms with Gasteiger partial charge in [0.05, 0.1) is 13.7 Å². The maximum Gasteiger partial charge on any atom is 0.126 e. The molecule has 1 aromatic rings. The second-order valence-corrected chi connectivity index (χ2v) is 4.95. The molecule has 0 amide bonds. The summed E-state index contributed by atoms with van der Waals surface area (Å²) in [4.78, 5) is 0. The van der Waals surface area contributed by atoms with Crippen LogP contribution < -0.4 is 4.74 Å². The van der Waals surface area contributed by atoms with Gasteiger partial charge in [0.2, 0.25) is 0 Å². The average molecular weight is 246 g/mol. The molecule has 98 valence electrons. The van der Waals surface area contributed by atoms with Gasteiger partial charge < -0.3 is 9.84 Å². The molecule has 1 fully saturated rings. The molecule has 0 aromatic heterocycles. The molecule has 2 nitrogen and oxygen atoms in total. The Morgan fingerprint density at radius 3 is 2.67 bits per heavy atom. The van der Waals surface area contributed by atoms with Gasteiger partial charge in [-0.15, -0.1) is 0 Å². The maximum absolute atomic E-state index is 9.59. The van der Waals surface area contributed by atoms with Crippen molar-refractivity contribution in [3.05, 3.63) is 35.4 Å². The quantitative estimate of drug-likeness (QED) is 0.878. The largest absolute Gasteiger partial charge is 0.496 e. The molecule has 1 aliphatic rings. The van der Waals surface area contributed by atoms with E-state index < -0.39 is 0 Å². The molecule has 18 heavy (non-hydrogen) atoms. The Morgan fingerprint density at radius 1 is 1.28 bits per heavy atom. The lowest BCUT2D eigenvalue weighted by Gasteiger charge is -2.23. The van der Waals surface area contributed by atoms with Crippen molar-refractivity contribution in [2.75, 3.05) is 13.7 Å². The summed E-state index contributed by atoms with van der Waals surface area (Å²) >= 11 is 0. The van der Waals surface area contributed by atoms with Crippen molar-refractivity contribution in [2.45, 2.75) is 32.1 Å². The zero-order valence-corrected chi connectivity index (χ0v) is 11.1. The molecule has 0 heterocycles. The molecule has 0 aliphatic heterocycles. The Hall–Kier alpha value is -1.28. The van der Waals surface area contributed by atoms with Crippen LogP contribution in [-0.4, -0.2) is 18.8 Å². The van der Waals surface area contributed by atoms with E-state index in [4.69, 9.17) is 4.74 Å². The van der Waals surface area contributed by atoms with Gasteiger partial charge in [-0.05, 0) is 36.5 Å². The van der Waals surface area contributed by atoms with E-state index in [2.05, 4.69) is 6.08 Å². The molecule has 0 saturated heterocycles. The van der Waals surface area contributed by atoms with Crippen molar-refractivity contribution in [2.24, 2.45) is 5.92 Å². The van der Waals surface area contributed by atoms with Crippen LogP contribution in [0.25, 0.3) is 6.08 Å². The van der Waals surface area contributed by atoms with Gasteiger partial charge in [-0.3, -0.25) is 0 Å². The standard InChI is InChI=1S/C16H22O2/c1-18-16-10-6-5-9-14(16)11-15(12-17)13-7-3-2-4-8-13/h5-6,9-11,13,17H,2-4,7-8,12H2,1H3. The van der Waals surface area contributed by atoms with Crippen LogP contribution >= 0.6 is 0 Å². The molecule has 0 radical (unpaired) electrons. The SMILES string of the molecule is COc1ccccc1C=C(CO)C1CCCCC1. The molecule has 1 aromatic carbocycles. The lowest BCUT2D eigenvalue weighted by Crippen LogP contribution is -2.11. The fourth-order valence-corrected chi connectivity index (χ4v) is 2.75. The number of ether oxygens (including phenoxy) is 1. The zero-order chi connectivity index (χ0) is 12.8. The van der Waals surface area contributed by atoms with Gasteiger partial charge >= 0.3 is 0 Å². The number of para-hydroxylation sites is 1. The van der Waals surface area contributed by atoms with E-state index in [1.165, 1.54) is 32.1 Å². The summed E-state index contributed by atoms with van der Waals surface area (Å²) in [5.74, 6) is 1.42. The van der Waals surface area contributed by atoms with Gasteiger partial charge in [0.15, 0.2) is 0 Å². The normalized spacial score (nSPS) is 17.8. The first-order valence-corrected chi connectivity index (χ1v) is 6.79. The van der Waals surface area contributed by atoms with E-state index in [1.54, 1.807) is 7.11 Å². The second-order valence-electron chi connectivity index (χ2n) is 4.95. The van der Waals surface area contributed by atoms with E-state index >= 15 is 0 Å². The zero-order valence-electron chi connectivity index (χ0n) is 11.1. The van der Waals surface area contributed by atoms with Crippen molar-refractivity contribution in [1.29, 1.82) is 0 Å². The number of hydrogen-bond acceptors (Lipinski definition) is 2. The van der Waals surface area contributed by atoms with Crippen LogP contribution in [0.15, 0.2) is 29.8 Å². The van der Waals surface area contributed by atoms with E-state index in [0.717, 1.165) is 16.9 Å². The predicted octanol–water partition coefficient (Wildman–Crippen LogP) is 3.65. The fraction of sp³-hybridized carbons (Fsp3) is 0.500. The Labute approximate surface area is 109 Å². The van der Waals surface area contributed by atoms with Crippen molar-refractivity contribution in [3.8, 4) is 5.75 Å². The molecule has 2 heteroatoms. The molecular formula is C16H22O2. The van der Waals surface area contributed by atoms with Crippen LogP contribution in [0.3, 0.4) is 0 Å². The van der Waals surface area contributed by atoms with Crippen LogP contribution in [0, 0.1) is 5.92 Å². The Balaban J connectivity index is 2.22. The van der Waals surface area contributed by atoms with Gasteiger partial charge in [-0.1, -0.05) is 37.5 Å². The summed E-state index contributed by atoms with van der Waals surface area (Å²) in [7, 11) is 1.69. The molecule has 1 saturated carbocycles. The first-order valence-electron chi connectivity index (χ1n) is 6.79. The average Bonchev–Trinajstić information content (AvgIpc) is 2.46. The van der Waals surface area contributed by atoms with Crippen molar-refractivity contribution in [3.63, 3.8) is 0 Å². The van der Waals surface area contributed by atoms with E-state index in [9.17, 15) is 5.11 Å². The smallest absolute Gasteiger partial charge is 0.126 e. The van der Waals surface area contributed by atoms with Crippen LogP contribution in [0.2, 0.25) is 0 Å². The highest BCUT2D eigenvalue weighted by Crippen LogP contribution is 2.31. The summed E-state index contributed by atoms with van der Waals surface area (Å²) in [5, 5.41) is 9.59. The molecular weight excluding hydrogens is 224 g/mol. The Morgan fingerprint density at radius 2 is 2.00 bits per heavy atom. The number of benzene rings is 1. The second kappa shape index (κ2) is 6.60. The Bertz CT molecular complexity index is 403. The van der Waals surface area contributed by atoms with E-state index in [1.807, 2.05) is 24.3 Å². The lowest BCUT2D eigenvalue weighted by atomic mass is 9.83. The minimum Gasteiger partial charge on any atom is -0.496 e. The van der Waals surface area contributed by atoms with Crippen LogP contribution in [0.4, 0.5) is 0 Å². The summed E-state index contributed by atoms with van der Waals surface area (Å²) in [6.07, 6.45) is 8.43. The third-order valence-electron chi connectivity index (χ3n) is 3.79. The maximum atomic E-state index is 9.59. The molecule has 0 atom stereocenters. The highest BCUT2D eigenvalue weighted by atomic mass is 16.5. The fourth-order valence-electron chi connectivity index (χ4n) is 2.75. The number of methoxy groups -OCH3 is 1. The Kier molecular flexibility index (Phi) is 4.82. The van der Waals surface area contributed by atoms with E-state index in [0.29, 0.717) is 5.92 Å². The minimum absolute atomic E-state index is 0.155. The molecule has 1 N–H and O–H groups in total. The third-order valence-corrected chi connectivity index (χ3v) is 3.79. The number of rotatable bonds is 4. The molecule has 2 rings (SSSR count). The van der Waals surface area contributed by atoms with Crippen LogP contribution in [-0.2, 0) is 0 Å². The molecule has 0 bridgehead atoms. The van der Waals surface area contributed by atoms with Gasteiger partial charge in [0.1, 0.15) is 5.75 Å². The summed E-state index contributed by atoms with van der Waals surface area (Å²) in [6.45, 7) is 0.155. The van der Waals surface area contributed by atoms with Crippen molar-refractivity contribution in [1.82, 2.24) is 0 Å². The number of aliphatic hydroxyl groups is 1. The highest BCUT2D eigenvalue weighted by Gasteiger charge is 2.17. The van der Waals surface area contributed by atoms with Crippen molar-refractivity contribution >= 4 is 6.08 Å². The molecule has 0 spiro atoms. The van der Waals surface area contributed by atoms with Crippen molar-refractivity contribution < 1.29 is 9.84 Å². The van der Waals surface area contributed by atoms with Gasteiger partial charge in [0, 0.05) is 5.56 Å². The van der Waals surface area contributed by atoms with Crippen LogP contribution in [0.5, 0.6) is 5.75 Å². The first-order chi connectivity index (χ1) is 8.85. The lowest BCUT2D eigenvalue weighted by molar-refractivity contribution is 0.295. The van der Waals surface area contributed by atoms with Crippen LogP contribution in [0.1, 0.15) is 37.7 Å². The molecule has 1 aliphatic carbocycles. The topological polar surface area (TPSA) is 29.5 Å². The highest BCUT2D eigenvalue weighted by molar-refractivity contribution is 5.60. The third kappa shape index (κ3) is 3.14. The van der Waals surface area contributed by atoms with Gasteiger partial charge in [-0.25, -0.2) is 0 Å². The number of hydrogen-bond donors (Lipinski definition) is 1. The summed E-state index contributed by atoms with van der Waals surface area (Å²) < 4.78 is 5.35. The van der Waals surface area contributed by atoms with Gasteiger partial charge in [-0.2, -0.15) is 0 Å².